The zero-order valence-corrected chi connectivity index (χ0v) is 12.6. The molecule has 0 saturated carbocycles. The molecule has 20 heavy (non-hydrogen) atoms. The summed E-state index contributed by atoms with van der Waals surface area (Å²) in [6.45, 7) is 7.72. The highest BCUT2D eigenvalue weighted by molar-refractivity contribution is 5.83. The van der Waals surface area contributed by atoms with E-state index in [1.165, 1.54) is 7.11 Å². The number of aliphatic carboxylic acids is 1. The van der Waals surface area contributed by atoms with E-state index < -0.39 is 24.0 Å². The van der Waals surface area contributed by atoms with Crippen LogP contribution < -0.4 is 10.6 Å². The van der Waals surface area contributed by atoms with Crippen molar-refractivity contribution in [1.82, 2.24) is 10.6 Å². The van der Waals surface area contributed by atoms with Crippen molar-refractivity contribution in [2.45, 2.75) is 52.6 Å². The second kappa shape index (κ2) is 7.72. The highest BCUT2D eigenvalue weighted by Gasteiger charge is 2.25. The van der Waals surface area contributed by atoms with Crippen molar-refractivity contribution < 1.29 is 24.2 Å². The van der Waals surface area contributed by atoms with Crippen LogP contribution in [0.25, 0.3) is 0 Å². The zero-order valence-electron chi connectivity index (χ0n) is 12.6. The molecule has 0 saturated heterocycles. The molecule has 116 valence electrons. The molecule has 0 radical (unpaired) electrons. The number of rotatable bonds is 6. The fourth-order valence-corrected chi connectivity index (χ4v) is 1.23. The molecule has 0 aliphatic rings. The Kier molecular flexibility index (Phi) is 7.02. The Labute approximate surface area is 119 Å². The maximum absolute atomic E-state index is 11.7. The Morgan fingerprint density at radius 1 is 1.20 bits per heavy atom. The summed E-state index contributed by atoms with van der Waals surface area (Å²) < 4.78 is 4.43. The molecular formula is C13H24N2O5. The fourth-order valence-electron chi connectivity index (χ4n) is 1.23. The maximum atomic E-state index is 11.7. The zero-order chi connectivity index (χ0) is 15.9. The molecule has 0 fully saturated rings. The first-order chi connectivity index (χ1) is 9.07. The van der Waals surface area contributed by atoms with Gasteiger partial charge >= 0.3 is 18.0 Å². The van der Waals surface area contributed by atoms with Crippen LogP contribution in [-0.2, 0) is 14.3 Å². The van der Waals surface area contributed by atoms with Crippen molar-refractivity contribution in [3.63, 3.8) is 0 Å². The number of carboxylic acid groups (broad SMARTS) is 1. The summed E-state index contributed by atoms with van der Waals surface area (Å²) in [5, 5.41) is 14.0. The van der Waals surface area contributed by atoms with E-state index in [4.69, 9.17) is 5.11 Å². The Balaban J connectivity index is 4.42. The second-order valence-corrected chi connectivity index (χ2v) is 5.71. The Bertz CT molecular complexity index is 362. The number of ether oxygens (including phenoxy) is 1. The van der Waals surface area contributed by atoms with Gasteiger partial charge in [-0.15, -0.1) is 0 Å². The highest BCUT2D eigenvalue weighted by Crippen LogP contribution is 2.18. The number of amides is 2. The van der Waals surface area contributed by atoms with Crippen molar-refractivity contribution in [1.29, 1.82) is 0 Å². The molecule has 0 rings (SSSR count). The van der Waals surface area contributed by atoms with Crippen LogP contribution in [0.5, 0.6) is 0 Å². The molecule has 0 aliphatic carbocycles. The van der Waals surface area contributed by atoms with Gasteiger partial charge in [0, 0.05) is 12.5 Å². The largest absolute Gasteiger partial charge is 0.480 e. The number of methoxy groups -OCH3 is 1. The van der Waals surface area contributed by atoms with E-state index in [1.807, 2.05) is 27.7 Å². The van der Waals surface area contributed by atoms with Crippen molar-refractivity contribution in [2.24, 2.45) is 5.41 Å². The molecule has 7 nitrogen and oxygen atoms in total. The third-order valence-electron chi connectivity index (χ3n) is 3.11. The fraction of sp³-hybridized carbons (Fsp3) is 0.769. The lowest BCUT2D eigenvalue weighted by Crippen LogP contribution is -2.51. The van der Waals surface area contributed by atoms with Crippen LogP contribution in [0, 0.1) is 5.41 Å². The predicted octanol–water partition coefficient (Wildman–Crippen LogP) is 1.13. The van der Waals surface area contributed by atoms with Crippen molar-refractivity contribution >= 4 is 18.0 Å². The number of hydrogen-bond donors (Lipinski definition) is 3. The predicted molar refractivity (Wildman–Crippen MR) is 73.3 cm³/mol. The standard InChI is InChI=1S/C13H24N2O5/c1-8(13(2,3)4)14-12(19)15-9(11(17)18)6-7-10(16)20-5/h8-9H,6-7H2,1-5H3,(H,17,18)(H2,14,15,19)/t8?,9-/m0/s1. The third-order valence-corrected chi connectivity index (χ3v) is 3.11. The molecule has 2 amide bonds. The lowest BCUT2D eigenvalue weighted by Gasteiger charge is -2.28. The van der Waals surface area contributed by atoms with Crippen LogP contribution >= 0.6 is 0 Å². The van der Waals surface area contributed by atoms with Gasteiger partial charge in [0.15, 0.2) is 0 Å². The number of urea groups is 1. The summed E-state index contributed by atoms with van der Waals surface area (Å²) in [5.41, 5.74) is -0.137. The molecule has 0 bridgehead atoms. The van der Waals surface area contributed by atoms with Gasteiger partial charge in [-0.3, -0.25) is 4.79 Å². The number of carbonyl (C=O) groups is 3. The summed E-state index contributed by atoms with van der Waals surface area (Å²) in [6, 6.07) is -1.82. The van der Waals surface area contributed by atoms with Crippen molar-refractivity contribution in [3.8, 4) is 0 Å². The monoisotopic (exact) mass is 288 g/mol. The minimum absolute atomic E-state index is 0.0146. The lowest BCUT2D eigenvalue weighted by atomic mass is 9.88. The summed E-state index contributed by atoms with van der Waals surface area (Å²) in [7, 11) is 1.23. The molecule has 1 unspecified atom stereocenters. The average molecular weight is 288 g/mol. The maximum Gasteiger partial charge on any atom is 0.326 e. The van der Waals surface area contributed by atoms with Crippen LogP contribution in [0.3, 0.4) is 0 Å². The van der Waals surface area contributed by atoms with E-state index in [1.54, 1.807) is 0 Å². The minimum Gasteiger partial charge on any atom is -0.480 e. The van der Waals surface area contributed by atoms with Gasteiger partial charge in [0.25, 0.3) is 0 Å². The first kappa shape index (κ1) is 18.2. The molecule has 2 atom stereocenters. The first-order valence-corrected chi connectivity index (χ1v) is 6.44. The normalized spacial score (nSPS) is 14.1. The SMILES string of the molecule is COC(=O)CC[C@H](NC(=O)NC(C)C(C)(C)C)C(=O)O. The van der Waals surface area contributed by atoms with Gasteiger partial charge in [0.2, 0.25) is 0 Å². The number of carboxylic acids is 1. The molecule has 7 heteroatoms. The summed E-state index contributed by atoms with van der Waals surface area (Å²) in [5.74, 6) is -1.70. The Hall–Kier alpha value is -1.79. The first-order valence-electron chi connectivity index (χ1n) is 6.44. The van der Waals surface area contributed by atoms with E-state index in [0.29, 0.717) is 0 Å². The quantitative estimate of drug-likeness (QED) is 0.635. The molecule has 0 aromatic rings. The number of carbonyl (C=O) groups excluding carboxylic acids is 2. The van der Waals surface area contributed by atoms with Crippen molar-refractivity contribution in [3.05, 3.63) is 0 Å². The topological polar surface area (TPSA) is 105 Å². The van der Waals surface area contributed by atoms with E-state index in [-0.39, 0.29) is 24.3 Å². The van der Waals surface area contributed by atoms with Gasteiger partial charge in [0.05, 0.1) is 7.11 Å². The summed E-state index contributed by atoms with van der Waals surface area (Å²) in [4.78, 5) is 33.7. The van der Waals surface area contributed by atoms with E-state index in [0.717, 1.165) is 0 Å². The van der Waals surface area contributed by atoms with Gasteiger partial charge in [-0.05, 0) is 18.8 Å². The number of hydrogen-bond acceptors (Lipinski definition) is 4. The van der Waals surface area contributed by atoms with Crippen LogP contribution in [0.1, 0.15) is 40.5 Å². The summed E-state index contributed by atoms with van der Waals surface area (Å²) in [6.07, 6.45) is -0.0815. The van der Waals surface area contributed by atoms with Crippen LogP contribution in [-0.4, -0.2) is 42.3 Å². The van der Waals surface area contributed by atoms with Gasteiger partial charge in [-0.1, -0.05) is 20.8 Å². The van der Waals surface area contributed by atoms with Gasteiger partial charge < -0.3 is 20.5 Å². The summed E-state index contributed by atoms with van der Waals surface area (Å²) >= 11 is 0. The van der Waals surface area contributed by atoms with Crippen LogP contribution in [0.4, 0.5) is 4.79 Å². The molecule has 0 heterocycles. The highest BCUT2D eigenvalue weighted by atomic mass is 16.5. The third kappa shape index (κ3) is 6.96. The molecule has 0 spiro atoms. The Morgan fingerprint density at radius 2 is 1.75 bits per heavy atom. The van der Waals surface area contributed by atoms with Gasteiger partial charge in [-0.2, -0.15) is 0 Å². The molecule has 0 aliphatic heterocycles. The van der Waals surface area contributed by atoms with Gasteiger partial charge in [0.1, 0.15) is 6.04 Å². The smallest absolute Gasteiger partial charge is 0.326 e. The van der Waals surface area contributed by atoms with E-state index in [9.17, 15) is 14.4 Å². The molecular weight excluding hydrogens is 264 g/mol. The molecule has 3 N–H and O–H groups in total. The lowest BCUT2D eigenvalue weighted by molar-refractivity contribution is -0.142. The van der Waals surface area contributed by atoms with Crippen molar-refractivity contribution in [2.75, 3.05) is 7.11 Å². The number of nitrogens with one attached hydrogen (secondary N) is 2. The van der Waals surface area contributed by atoms with E-state index >= 15 is 0 Å². The average Bonchev–Trinajstić information content (AvgIpc) is 2.32. The molecule has 0 aromatic heterocycles. The molecule has 0 aromatic carbocycles. The Morgan fingerprint density at radius 3 is 2.15 bits per heavy atom. The van der Waals surface area contributed by atoms with Gasteiger partial charge in [-0.25, -0.2) is 9.59 Å². The minimum atomic E-state index is -1.19. The second-order valence-electron chi connectivity index (χ2n) is 5.71. The van der Waals surface area contributed by atoms with E-state index in [2.05, 4.69) is 15.4 Å². The van der Waals surface area contributed by atoms with Crippen LogP contribution in [0.15, 0.2) is 0 Å². The van der Waals surface area contributed by atoms with Crippen LogP contribution in [0.2, 0.25) is 0 Å². The number of esters is 1.